The largest absolute Gasteiger partial charge is 0.454 e. The number of amides is 1. The van der Waals surface area contributed by atoms with Gasteiger partial charge in [0.25, 0.3) is 5.91 Å². The summed E-state index contributed by atoms with van der Waals surface area (Å²) in [6.45, 7) is 6.12. The van der Waals surface area contributed by atoms with Crippen molar-refractivity contribution >= 4 is 23.4 Å². The van der Waals surface area contributed by atoms with E-state index in [9.17, 15) is 4.79 Å². The van der Waals surface area contributed by atoms with Crippen LogP contribution in [0.2, 0.25) is 5.02 Å². The van der Waals surface area contributed by atoms with Gasteiger partial charge in [0, 0.05) is 17.0 Å². The fourth-order valence-corrected chi connectivity index (χ4v) is 2.24. The molecular formula is C15H15ClN2O4. The minimum Gasteiger partial charge on any atom is -0.454 e. The van der Waals surface area contributed by atoms with Crippen molar-refractivity contribution in [1.29, 1.82) is 0 Å². The highest BCUT2D eigenvalue weighted by atomic mass is 35.5. The van der Waals surface area contributed by atoms with Crippen LogP contribution in [0.4, 0.5) is 5.88 Å². The molecule has 0 spiro atoms. The van der Waals surface area contributed by atoms with Crippen LogP contribution in [0.3, 0.4) is 0 Å². The molecule has 0 radical (unpaired) electrons. The second kappa shape index (κ2) is 5.21. The standard InChI is InChI=1S/C15H15ClN2O4/c1-15(2,3)11-6-12(22-18-11)17-14(19)8-4-9(16)13-10(5-8)20-7-21-13/h4-6H,7H2,1-3H3,(H,17,19). The maximum atomic E-state index is 12.3. The topological polar surface area (TPSA) is 73.6 Å². The van der Waals surface area contributed by atoms with E-state index in [0.717, 1.165) is 5.69 Å². The predicted molar refractivity (Wildman–Crippen MR) is 80.7 cm³/mol. The molecular weight excluding hydrogens is 308 g/mol. The van der Waals surface area contributed by atoms with Gasteiger partial charge < -0.3 is 14.0 Å². The number of nitrogens with zero attached hydrogens (tertiary/aromatic N) is 1. The minimum absolute atomic E-state index is 0.0944. The number of aromatic nitrogens is 1. The molecule has 0 atom stereocenters. The van der Waals surface area contributed by atoms with Gasteiger partial charge in [0.2, 0.25) is 12.7 Å². The number of nitrogens with one attached hydrogen (secondary N) is 1. The maximum absolute atomic E-state index is 12.3. The summed E-state index contributed by atoms with van der Waals surface area (Å²) in [7, 11) is 0. The Morgan fingerprint density at radius 1 is 1.27 bits per heavy atom. The number of ether oxygens (including phenoxy) is 2. The van der Waals surface area contributed by atoms with Crippen molar-refractivity contribution in [3.63, 3.8) is 0 Å². The summed E-state index contributed by atoms with van der Waals surface area (Å²) < 4.78 is 15.6. The molecule has 1 amide bonds. The first-order chi connectivity index (χ1) is 10.3. The average Bonchev–Trinajstić information content (AvgIpc) is 3.06. The van der Waals surface area contributed by atoms with Crippen LogP contribution in [0.15, 0.2) is 22.7 Å². The van der Waals surface area contributed by atoms with Gasteiger partial charge in [-0.15, -0.1) is 0 Å². The van der Waals surface area contributed by atoms with Crippen molar-refractivity contribution in [2.75, 3.05) is 12.1 Å². The number of anilines is 1. The van der Waals surface area contributed by atoms with Crippen LogP contribution in [0.1, 0.15) is 36.8 Å². The molecule has 0 saturated heterocycles. The molecule has 0 bridgehead atoms. The molecule has 0 aliphatic carbocycles. The number of hydrogen-bond acceptors (Lipinski definition) is 5. The summed E-state index contributed by atoms with van der Waals surface area (Å²) in [6, 6.07) is 4.79. The van der Waals surface area contributed by atoms with E-state index in [4.69, 9.17) is 25.6 Å². The number of fused-ring (bicyclic) bond motifs is 1. The van der Waals surface area contributed by atoms with E-state index in [1.54, 1.807) is 12.1 Å². The zero-order valence-electron chi connectivity index (χ0n) is 12.4. The van der Waals surface area contributed by atoms with Crippen molar-refractivity contribution in [1.82, 2.24) is 5.16 Å². The molecule has 0 unspecified atom stereocenters. The molecule has 0 saturated carbocycles. The van der Waals surface area contributed by atoms with E-state index in [1.165, 1.54) is 6.07 Å². The molecule has 7 heteroatoms. The maximum Gasteiger partial charge on any atom is 0.258 e. The molecule has 0 fully saturated rings. The normalized spacial score (nSPS) is 13.3. The fourth-order valence-electron chi connectivity index (χ4n) is 1.97. The Hall–Kier alpha value is -2.21. The van der Waals surface area contributed by atoms with Gasteiger partial charge in [-0.1, -0.05) is 37.5 Å². The molecule has 22 heavy (non-hydrogen) atoms. The quantitative estimate of drug-likeness (QED) is 0.914. The number of hydrogen-bond donors (Lipinski definition) is 1. The van der Waals surface area contributed by atoms with Gasteiger partial charge in [0.05, 0.1) is 10.7 Å². The molecule has 1 aromatic heterocycles. The van der Waals surface area contributed by atoms with Gasteiger partial charge >= 0.3 is 0 Å². The Labute approximate surface area is 132 Å². The Morgan fingerprint density at radius 3 is 2.73 bits per heavy atom. The smallest absolute Gasteiger partial charge is 0.258 e. The lowest BCUT2D eigenvalue weighted by Gasteiger charge is -2.12. The van der Waals surface area contributed by atoms with Crippen LogP contribution in [-0.2, 0) is 5.41 Å². The number of benzene rings is 1. The van der Waals surface area contributed by atoms with Crippen LogP contribution < -0.4 is 14.8 Å². The fraction of sp³-hybridized carbons (Fsp3) is 0.333. The first-order valence-electron chi connectivity index (χ1n) is 6.72. The van der Waals surface area contributed by atoms with Crippen LogP contribution in [-0.4, -0.2) is 17.9 Å². The van der Waals surface area contributed by atoms with E-state index in [0.29, 0.717) is 22.1 Å². The molecule has 1 N–H and O–H groups in total. The van der Waals surface area contributed by atoms with Gasteiger partial charge in [-0.25, -0.2) is 0 Å². The summed E-state index contributed by atoms with van der Waals surface area (Å²) in [4.78, 5) is 12.3. The summed E-state index contributed by atoms with van der Waals surface area (Å²) in [6.07, 6.45) is 0. The van der Waals surface area contributed by atoms with Crippen molar-refractivity contribution in [3.05, 3.63) is 34.5 Å². The molecule has 1 aromatic carbocycles. The Bertz CT molecular complexity index is 734. The van der Waals surface area contributed by atoms with Crippen molar-refractivity contribution in [2.24, 2.45) is 0 Å². The third-order valence-corrected chi connectivity index (χ3v) is 3.49. The molecule has 6 nitrogen and oxygen atoms in total. The van der Waals surface area contributed by atoms with Crippen molar-refractivity contribution in [3.8, 4) is 11.5 Å². The highest BCUT2D eigenvalue weighted by molar-refractivity contribution is 6.32. The lowest BCUT2D eigenvalue weighted by atomic mass is 9.92. The van der Waals surface area contributed by atoms with Gasteiger partial charge in [-0.05, 0) is 12.1 Å². The third kappa shape index (κ3) is 2.74. The lowest BCUT2D eigenvalue weighted by molar-refractivity contribution is 0.102. The Kier molecular flexibility index (Phi) is 3.48. The third-order valence-electron chi connectivity index (χ3n) is 3.20. The number of carbonyl (C=O) groups is 1. The minimum atomic E-state index is -0.364. The highest BCUT2D eigenvalue weighted by Crippen LogP contribution is 2.39. The van der Waals surface area contributed by atoms with Crippen LogP contribution >= 0.6 is 11.6 Å². The number of rotatable bonds is 2. The first-order valence-corrected chi connectivity index (χ1v) is 7.10. The number of halogens is 1. The zero-order valence-corrected chi connectivity index (χ0v) is 13.2. The second-order valence-electron chi connectivity index (χ2n) is 5.97. The van der Waals surface area contributed by atoms with Crippen LogP contribution in [0.25, 0.3) is 0 Å². The SMILES string of the molecule is CC(C)(C)c1cc(NC(=O)c2cc(Cl)c3c(c2)OCO3)on1. The van der Waals surface area contributed by atoms with Crippen LogP contribution in [0.5, 0.6) is 11.5 Å². The molecule has 3 rings (SSSR count). The van der Waals surface area contributed by atoms with E-state index in [2.05, 4.69) is 10.5 Å². The highest BCUT2D eigenvalue weighted by Gasteiger charge is 2.23. The van der Waals surface area contributed by atoms with Gasteiger partial charge in [-0.2, -0.15) is 0 Å². The average molecular weight is 323 g/mol. The van der Waals surface area contributed by atoms with Crippen LogP contribution in [0, 0.1) is 0 Å². The van der Waals surface area contributed by atoms with Gasteiger partial charge in [0.1, 0.15) is 0 Å². The Balaban J connectivity index is 1.80. The molecule has 2 aromatic rings. The molecule has 116 valence electrons. The lowest BCUT2D eigenvalue weighted by Crippen LogP contribution is -2.12. The molecule has 1 aliphatic heterocycles. The molecule has 2 heterocycles. The van der Waals surface area contributed by atoms with E-state index in [-0.39, 0.29) is 24.0 Å². The van der Waals surface area contributed by atoms with E-state index >= 15 is 0 Å². The van der Waals surface area contributed by atoms with Gasteiger partial charge in [-0.3, -0.25) is 10.1 Å². The molecule has 1 aliphatic rings. The number of carbonyl (C=O) groups excluding carboxylic acids is 1. The van der Waals surface area contributed by atoms with Crippen molar-refractivity contribution < 1.29 is 18.8 Å². The summed E-state index contributed by atoms with van der Waals surface area (Å²) in [5, 5.41) is 6.92. The predicted octanol–water partition coefficient (Wildman–Crippen LogP) is 3.61. The summed E-state index contributed by atoms with van der Waals surface area (Å²) >= 11 is 6.07. The van der Waals surface area contributed by atoms with Crippen molar-refractivity contribution in [2.45, 2.75) is 26.2 Å². The first kappa shape index (κ1) is 14.7. The Morgan fingerprint density at radius 2 is 2.05 bits per heavy atom. The summed E-state index contributed by atoms with van der Waals surface area (Å²) in [5.74, 6) is 0.819. The van der Waals surface area contributed by atoms with E-state index in [1.807, 2.05) is 20.8 Å². The van der Waals surface area contributed by atoms with Gasteiger partial charge in [0.15, 0.2) is 11.5 Å². The summed E-state index contributed by atoms with van der Waals surface area (Å²) in [5.41, 5.74) is 0.948. The zero-order chi connectivity index (χ0) is 15.9. The second-order valence-corrected chi connectivity index (χ2v) is 6.38. The monoisotopic (exact) mass is 322 g/mol. The van der Waals surface area contributed by atoms with E-state index < -0.39 is 0 Å².